The largest absolute Gasteiger partial charge is 0.394 e. The maximum Gasteiger partial charge on any atom is 0.237 e. The first-order chi connectivity index (χ1) is 8.04. The van der Waals surface area contributed by atoms with Crippen molar-refractivity contribution in [2.75, 3.05) is 6.61 Å². The van der Waals surface area contributed by atoms with Crippen molar-refractivity contribution in [1.29, 1.82) is 0 Å². The number of rotatable bonds is 5. The normalized spacial score (nSPS) is 22.8. The summed E-state index contributed by atoms with van der Waals surface area (Å²) >= 11 is 0. The summed E-state index contributed by atoms with van der Waals surface area (Å²) in [6.45, 7) is 4.03. The van der Waals surface area contributed by atoms with Crippen LogP contribution in [0.5, 0.6) is 0 Å². The molecule has 4 heteroatoms. The zero-order valence-electron chi connectivity index (χ0n) is 11.0. The highest BCUT2D eigenvalue weighted by atomic mass is 16.3. The highest BCUT2D eigenvalue weighted by Gasteiger charge is 2.34. The van der Waals surface area contributed by atoms with Crippen molar-refractivity contribution in [3.05, 3.63) is 0 Å². The van der Waals surface area contributed by atoms with Gasteiger partial charge in [-0.05, 0) is 18.8 Å². The third-order valence-corrected chi connectivity index (χ3v) is 4.06. The minimum absolute atomic E-state index is 0.0198. The summed E-state index contributed by atoms with van der Waals surface area (Å²) in [5.41, 5.74) is 5.49. The highest BCUT2D eigenvalue weighted by Crippen LogP contribution is 2.28. The molecule has 1 aliphatic rings. The monoisotopic (exact) mass is 242 g/mol. The minimum atomic E-state index is -0.467. The standard InChI is InChI=1S/C13H26N2O2/c1-3-10(2)11(14)12(17)15-13(9-16)7-5-4-6-8-13/h10-11,16H,3-9,14H2,1-2H3,(H,15,17). The van der Waals surface area contributed by atoms with Gasteiger partial charge in [-0.25, -0.2) is 0 Å². The van der Waals surface area contributed by atoms with Gasteiger partial charge in [0, 0.05) is 0 Å². The van der Waals surface area contributed by atoms with Crippen molar-refractivity contribution >= 4 is 5.91 Å². The molecule has 4 N–H and O–H groups in total. The van der Waals surface area contributed by atoms with Crippen LogP contribution in [0.25, 0.3) is 0 Å². The molecule has 0 heterocycles. The average Bonchev–Trinajstić information content (AvgIpc) is 2.37. The van der Waals surface area contributed by atoms with Gasteiger partial charge in [-0.15, -0.1) is 0 Å². The van der Waals surface area contributed by atoms with Crippen LogP contribution in [0.1, 0.15) is 52.4 Å². The lowest BCUT2D eigenvalue weighted by atomic mass is 9.82. The summed E-state index contributed by atoms with van der Waals surface area (Å²) in [4.78, 5) is 12.0. The zero-order valence-corrected chi connectivity index (χ0v) is 11.0. The van der Waals surface area contributed by atoms with Crippen molar-refractivity contribution in [2.45, 2.75) is 64.0 Å². The van der Waals surface area contributed by atoms with E-state index in [0.29, 0.717) is 0 Å². The quantitative estimate of drug-likeness (QED) is 0.677. The summed E-state index contributed by atoms with van der Waals surface area (Å²) in [5, 5.41) is 12.5. The number of hydrogen-bond acceptors (Lipinski definition) is 3. The molecule has 2 unspecified atom stereocenters. The number of carbonyl (C=O) groups excluding carboxylic acids is 1. The average molecular weight is 242 g/mol. The number of nitrogens with one attached hydrogen (secondary N) is 1. The Kier molecular flexibility index (Phi) is 5.40. The number of amides is 1. The molecule has 0 aromatic heterocycles. The summed E-state index contributed by atoms with van der Waals surface area (Å²) in [6, 6.07) is -0.467. The second kappa shape index (κ2) is 6.36. The molecule has 1 amide bonds. The molecular weight excluding hydrogens is 216 g/mol. The Morgan fingerprint density at radius 1 is 1.41 bits per heavy atom. The van der Waals surface area contributed by atoms with Crippen LogP contribution >= 0.6 is 0 Å². The van der Waals surface area contributed by atoms with Crippen molar-refractivity contribution in [1.82, 2.24) is 5.32 Å². The molecule has 0 saturated heterocycles. The molecule has 2 atom stereocenters. The molecule has 0 aromatic carbocycles. The third kappa shape index (κ3) is 3.68. The Morgan fingerprint density at radius 2 is 2.00 bits per heavy atom. The van der Waals surface area contributed by atoms with Crippen LogP contribution in [0.3, 0.4) is 0 Å². The maximum atomic E-state index is 12.0. The number of carbonyl (C=O) groups is 1. The van der Waals surface area contributed by atoms with E-state index in [9.17, 15) is 9.90 Å². The molecule has 0 spiro atoms. The van der Waals surface area contributed by atoms with E-state index < -0.39 is 11.6 Å². The minimum Gasteiger partial charge on any atom is -0.394 e. The summed E-state index contributed by atoms with van der Waals surface area (Å²) < 4.78 is 0. The van der Waals surface area contributed by atoms with Gasteiger partial charge in [-0.2, -0.15) is 0 Å². The maximum absolute atomic E-state index is 12.0. The highest BCUT2D eigenvalue weighted by molar-refractivity contribution is 5.82. The zero-order chi connectivity index (χ0) is 12.9. The van der Waals surface area contributed by atoms with Gasteiger partial charge in [0.1, 0.15) is 0 Å². The number of aliphatic hydroxyl groups excluding tert-OH is 1. The van der Waals surface area contributed by atoms with E-state index in [1.165, 1.54) is 6.42 Å². The van der Waals surface area contributed by atoms with E-state index in [4.69, 9.17) is 5.73 Å². The Morgan fingerprint density at radius 3 is 2.47 bits per heavy atom. The molecule has 0 bridgehead atoms. The Hall–Kier alpha value is -0.610. The fourth-order valence-electron chi connectivity index (χ4n) is 2.41. The van der Waals surface area contributed by atoms with Crippen molar-refractivity contribution in [3.8, 4) is 0 Å². The lowest BCUT2D eigenvalue weighted by Crippen LogP contribution is -2.57. The second-order valence-corrected chi connectivity index (χ2v) is 5.40. The Balaban J connectivity index is 2.58. The molecular formula is C13H26N2O2. The lowest BCUT2D eigenvalue weighted by Gasteiger charge is -2.37. The molecule has 0 radical (unpaired) electrons. The molecule has 1 aliphatic carbocycles. The fourth-order valence-corrected chi connectivity index (χ4v) is 2.41. The summed E-state index contributed by atoms with van der Waals surface area (Å²) in [7, 11) is 0. The number of aliphatic hydroxyl groups is 1. The van der Waals surface area contributed by atoms with Gasteiger partial charge >= 0.3 is 0 Å². The van der Waals surface area contributed by atoms with Crippen LogP contribution in [0.4, 0.5) is 0 Å². The lowest BCUT2D eigenvalue weighted by molar-refractivity contribution is -0.126. The molecule has 1 fully saturated rings. The van der Waals surface area contributed by atoms with Crippen molar-refractivity contribution in [2.24, 2.45) is 11.7 Å². The van der Waals surface area contributed by atoms with Crippen LogP contribution in [-0.2, 0) is 4.79 Å². The first-order valence-electron chi connectivity index (χ1n) is 6.73. The molecule has 0 aromatic rings. The summed E-state index contributed by atoms with van der Waals surface area (Å²) in [5.74, 6) is 0.0598. The number of hydrogen-bond donors (Lipinski definition) is 3. The van der Waals surface area contributed by atoms with Crippen LogP contribution in [-0.4, -0.2) is 29.2 Å². The van der Waals surface area contributed by atoms with Crippen LogP contribution < -0.4 is 11.1 Å². The van der Waals surface area contributed by atoms with Gasteiger partial charge in [0.25, 0.3) is 0 Å². The van der Waals surface area contributed by atoms with Crippen LogP contribution in [0, 0.1) is 5.92 Å². The van der Waals surface area contributed by atoms with Gasteiger partial charge in [0.15, 0.2) is 0 Å². The molecule has 100 valence electrons. The smallest absolute Gasteiger partial charge is 0.237 e. The molecule has 17 heavy (non-hydrogen) atoms. The summed E-state index contributed by atoms with van der Waals surface area (Å²) in [6.07, 6.45) is 5.94. The van der Waals surface area contributed by atoms with E-state index in [1.54, 1.807) is 0 Å². The van der Waals surface area contributed by atoms with Gasteiger partial charge < -0.3 is 16.2 Å². The third-order valence-electron chi connectivity index (χ3n) is 4.06. The second-order valence-electron chi connectivity index (χ2n) is 5.40. The molecule has 0 aliphatic heterocycles. The Bertz CT molecular complexity index is 250. The van der Waals surface area contributed by atoms with Gasteiger partial charge in [-0.3, -0.25) is 4.79 Å². The predicted octanol–water partition coefficient (Wildman–Crippen LogP) is 1.17. The van der Waals surface area contributed by atoms with E-state index in [0.717, 1.165) is 32.1 Å². The van der Waals surface area contributed by atoms with Crippen LogP contribution in [0.2, 0.25) is 0 Å². The van der Waals surface area contributed by atoms with Crippen molar-refractivity contribution < 1.29 is 9.90 Å². The predicted molar refractivity (Wildman–Crippen MR) is 68.5 cm³/mol. The Labute approximate surface area is 104 Å². The number of nitrogens with two attached hydrogens (primary N) is 1. The first-order valence-corrected chi connectivity index (χ1v) is 6.73. The first kappa shape index (κ1) is 14.5. The van der Waals surface area contributed by atoms with E-state index in [-0.39, 0.29) is 18.4 Å². The van der Waals surface area contributed by atoms with Gasteiger partial charge in [0.2, 0.25) is 5.91 Å². The van der Waals surface area contributed by atoms with Gasteiger partial charge in [-0.1, -0.05) is 39.5 Å². The van der Waals surface area contributed by atoms with E-state index in [1.807, 2.05) is 13.8 Å². The van der Waals surface area contributed by atoms with Crippen LogP contribution in [0.15, 0.2) is 0 Å². The SMILES string of the molecule is CCC(C)C(N)C(=O)NC1(CO)CCCCC1. The molecule has 1 rings (SSSR count). The topological polar surface area (TPSA) is 75.4 Å². The molecule has 4 nitrogen and oxygen atoms in total. The van der Waals surface area contributed by atoms with E-state index in [2.05, 4.69) is 5.32 Å². The fraction of sp³-hybridized carbons (Fsp3) is 0.923. The van der Waals surface area contributed by atoms with E-state index >= 15 is 0 Å². The molecule has 1 saturated carbocycles. The van der Waals surface area contributed by atoms with Crippen molar-refractivity contribution in [3.63, 3.8) is 0 Å². The van der Waals surface area contributed by atoms with Gasteiger partial charge in [0.05, 0.1) is 18.2 Å².